The Morgan fingerprint density at radius 3 is 2.60 bits per heavy atom. The first-order valence-electron chi connectivity index (χ1n) is 7.69. The molecule has 2 aliphatic rings. The fourth-order valence-electron chi connectivity index (χ4n) is 3.75. The molecule has 1 aromatic rings. The number of hydrogen-bond donors (Lipinski definition) is 0. The van der Waals surface area contributed by atoms with Gasteiger partial charge in [-0.05, 0) is 30.9 Å². The van der Waals surface area contributed by atoms with Crippen LogP contribution in [-0.2, 0) is 15.4 Å². The van der Waals surface area contributed by atoms with E-state index in [0.717, 1.165) is 31.4 Å². The molecular weight excluding hydrogens is 270 g/mol. The molecule has 0 radical (unpaired) electrons. The highest BCUT2D eigenvalue weighted by Crippen LogP contribution is 2.51. The Labute approximate surface area is 122 Å². The van der Waals surface area contributed by atoms with Crippen LogP contribution in [0, 0.1) is 0 Å². The number of unbranched alkanes of at least 4 members (excludes halogenated alkanes) is 1. The lowest BCUT2D eigenvalue weighted by Crippen LogP contribution is -2.36. The molecule has 0 aromatic heterocycles. The van der Waals surface area contributed by atoms with Crippen LogP contribution in [0.15, 0.2) is 24.3 Å². The summed E-state index contributed by atoms with van der Waals surface area (Å²) in [4.78, 5) is 0. The Balaban J connectivity index is 1.99. The van der Waals surface area contributed by atoms with Crippen molar-refractivity contribution in [1.29, 1.82) is 0 Å². The van der Waals surface area contributed by atoms with Crippen LogP contribution in [0.1, 0.15) is 51.0 Å². The van der Waals surface area contributed by atoms with E-state index in [-0.39, 0.29) is 11.2 Å². The van der Waals surface area contributed by atoms with Crippen molar-refractivity contribution >= 4 is 15.7 Å². The number of para-hydroxylation sites is 1. The third-order valence-corrected chi connectivity index (χ3v) is 6.64. The van der Waals surface area contributed by atoms with Crippen LogP contribution in [-0.4, -0.2) is 20.7 Å². The fraction of sp³-hybridized carbons (Fsp3) is 0.625. The number of nitrogens with zero attached hydrogens (tertiary/aromatic N) is 1. The van der Waals surface area contributed by atoms with Gasteiger partial charge in [-0.25, -0.2) is 8.42 Å². The number of hydrogen-bond acceptors (Lipinski definition) is 2. The number of anilines is 1. The molecule has 3 nitrogen and oxygen atoms in total. The summed E-state index contributed by atoms with van der Waals surface area (Å²) < 4.78 is 26.9. The first-order valence-corrected chi connectivity index (χ1v) is 9.30. The van der Waals surface area contributed by atoms with E-state index in [1.54, 1.807) is 4.31 Å². The molecule has 1 heterocycles. The van der Waals surface area contributed by atoms with Gasteiger partial charge in [0.05, 0.1) is 11.4 Å². The van der Waals surface area contributed by atoms with Gasteiger partial charge in [-0.15, -0.1) is 0 Å². The zero-order valence-corrected chi connectivity index (χ0v) is 13.0. The molecule has 1 aromatic carbocycles. The van der Waals surface area contributed by atoms with Gasteiger partial charge in [0.1, 0.15) is 0 Å². The van der Waals surface area contributed by atoms with Gasteiger partial charge in [-0.2, -0.15) is 0 Å². The maximum Gasteiger partial charge on any atom is 0.235 e. The summed E-state index contributed by atoms with van der Waals surface area (Å²) in [5.41, 5.74) is 2.29. The van der Waals surface area contributed by atoms with E-state index in [1.165, 1.54) is 18.4 Å². The van der Waals surface area contributed by atoms with E-state index in [1.807, 2.05) is 25.1 Å². The summed E-state index contributed by atoms with van der Waals surface area (Å²) in [6.45, 7) is 2.70. The van der Waals surface area contributed by atoms with E-state index in [4.69, 9.17) is 0 Å². The Kier molecular flexibility index (Phi) is 3.53. The molecule has 4 heteroatoms. The molecule has 1 fully saturated rings. The molecule has 0 bridgehead atoms. The zero-order chi connectivity index (χ0) is 14.2. The van der Waals surface area contributed by atoms with Gasteiger partial charge >= 0.3 is 0 Å². The minimum Gasteiger partial charge on any atom is -0.269 e. The van der Waals surface area contributed by atoms with Crippen LogP contribution in [0.4, 0.5) is 5.69 Å². The van der Waals surface area contributed by atoms with Gasteiger partial charge in [-0.3, -0.25) is 4.31 Å². The van der Waals surface area contributed by atoms with Gasteiger partial charge in [0.15, 0.2) is 0 Å². The first kappa shape index (κ1) is 13.9. The number of rotatable bonds is 4. The lowest BCUT2D eigenvalue weighted by atomic mass is 9.81. The molecule has 0 atom stereocenters. The molecule has 0 unspecified atom stereocenters. The van der Waals surface area contributed by atoms with E-state index < -0.39 is 10.0 Å². The van der Waals surface area contributed by atoms with Crippen LogP contribution in [0.3, 0.4) is 0 Å². The SMILES string of the molecule is CCCCS(=O)(=O)N1CC2(CCCC2)c2ccccc21. The van der Waals surface area contributed by atoms with E-state index in [9.17, 15) is 8.42 Å². The van der Waals surface area contributed by atoms with E-state index >= 15 is 0 Å². The Morgan fingerprint density at radius 2 is 1.90 bits per heavy atom. The third kappa shape index (κ3) is 2.14. The molecule has 0 N–H and O–H groups in total. The third-order valence-electron chi connectivity index (χ3n) is 4.84. The van der Waals surface area contributed by atoms with Gasteiger partial charge in [0.25, 0.3) is 0 Å². The normalized spacial score (nSPS) is 20.6. The average Bonchev–Trinajstić information content (AvgIpc) is 3.05. The zero-order valence-electron chi connectivity index (χ0n) is 12.1. The molecule has 0 amide bonds. The lowest BCUT2D eigenvalue weighted by molar-refractivity contribution is 0.477. The van der Waals surface area contributed by atoms with E-state index in [2.05, 4.69) is 6.07 Å². The monoisotopic (exact) mass is 293 g/mol. The van der Waals surface area contributed by atoms with Crippen molar-refractivity contribution in [3.63, 3.8) is 0 Å². The molecule has 110 valence electrons. The molecule has 1 aliphatic carbocycles. The minimum absolute atomic E-state index is 0.0931. The highest BCUT2D eigenvalue weighted by Gasteiger charge is 2.47. The van der Waals surface area contributed by atoms with Crippen LogP contribution in [0.25, 0.3) is 0 Å². The lowest BCUT2D eigenvalue weighted by Gasteiger charge is -2.25. The van der Waals surface area contributed by atoms with Crippen LogP contribution < -0.4 is 4.31 Å². The summed E-state index contributed by atoms with van der Waals surface area (Å²) in [7, 11) is -3.17. The molecule has 1 saturated carbocycles. The maximum atomic E-state index is 12.6. The second kappa shape index (κ2) is 5.06. The van der Waals surface area contributed by atoms with Crippen molar-refractivity contribution in [1.82, 2.24) is 0 Å². The van der Waals surface area contributed by atoms with Crippen LogP contribution in [0.2, 0.25) is 0 Å². The number of sulfonamides is 1. The van der Waals surface area contributed by atoms with Crippen molar-refractivity contribution in [2.75, 3.05) is 16.6 Å². The highest BCUT2D eigenvalue weighted by molar-refractivity contribution is 7.92. The van der Waals surface area contributed by atoms with Crippen molar-refractivity contribution in [2.24, 2.45) is 0 Å². The molecular formula is C16H23NO2S. The summed E-state index contributed by atoms with van der Waals surface area (Å²) in [6.07, 6.45) is 6.36. The number of fused-ring (bicyclic) bond motifs is 2. The van der Waals surface area contributed by atoms with Crippen LogP contribution in [0.5, 0.6) is 0 Å². The second-order valence-corrected chi connectivity index (χ2v) is 8.19. The highest BCUT2D eigenvalue weighted by atomic mass is 32.2. The summed E-state index contributed by atoms with van der Waals surface area (Å²) in [5.74, 6) is 0.272. The predicted octanol–water partition coefficient (Wildman–Crippen LogP) is 3.45. The smallest absolute Gasteiger partial charge is 0.235 e. The van der Waals surface area contributed by atoms with Crippen molar-refractivity contribution in [2.45, 2.75) is 50.9 Å². The van der Waals surface area contributed by atoms with Crippen molar-refractivity contribution < 1.29 is 8.42 Å². The van der Waals surface area contributed by atoms with Gasteiger partial charge in [0.2, 0.25) is 10.0 Å². The summed E-state index contributed by atoms with van der Waals surface area (Å²) in [6, 6.07) is 8.11. The second-order valence-electron chi connectivity index (χ2n) is 6.18. The standard InChI is InChI=1S/C16H23NO2S/c1-2-3-12-20(18,19)17-13-16(10-6-7-11-16)14-8-4-5-9-15(14)17/h4-5,8-9H,2-3,6-7,10-13H2,1H3. The van der Waals surface area contributed by atoms with E-state index in [0.29, 0.717) is 6.54 Å². The molecule has 1 spiro atoms. The minimum atomic E-state index is -3.17. The van der Waals surface area contributed by atoms with Crippen LogP contribution >= 0.6 is 0 Å². The van der Waals surface area contributed by atoms with Gasteiger partial charge < -0.3 is 0 Å². The Hall–Kier alpha value is -1.03. The topological polar surface area (TPSA) is 37.4 Å². The van der Waals surface area contributed by atoms with Gasteiger partial charge in [0, 0.05) is 12.0 Å². The molecule has 3 rings (SSSR count). The van der Waals surface area contributed by atoms with Crippen molar-refractivity contribution in [3.8, 4) is 0 Å². The Morgan fingerprint density at radius 1 is 1.20 bits per heavy atom. The maximum absolute atomic E-state index is 12.6. The predicted molar refractivity (Wildman–Crippen MR) is 82.6 cm³/mol. The number of benzene rings is 1. The first-order chi connectivity index (χ1) is 9.59. The average molecular weight is 293 g/mol. The molecule has 20 heavy (non-hydrogen) atoms. The Bertz CT molecular complexity index is 588. The summed E-state index contributed by atoms with van der Waals surface area (Å²) in [5, 5.41) is 0. The molecule has 0 saturated heterocycles. The largest absolute Gasteiger partial charge is 0.269 e. The quantitative estimate of drug-likeness (QED) is 0.852. The van der Waals surface area contributed by atoms with Crippen molar-refractivity contribution in [3.05, 3.63) is 29.8 Å². The fourth-order valence-corrected chi connectivity index (χ4v) is 5.53. The van der Waals surface area contributed by atoms with Gasteiger partial charge in [-0.1, -0.05) is 44.4 Å². The molecule has 1 aliphatic heterocycles. The summed E-state index contributed by atoms with van der Waals surface area (Å²) >= 11 is 0.